The quantitative estimate of drug-likeness (QED) is 0.838. The van der Waals surface area contributed by atoms with Crippen LogP contribution in [-0.2, 0) is 0 Å². The number of benzene rings is 1. The number of ether oxygens (including phenoxy) is 1. The average molecular weight is 256 g/mol. The summed E-state index contributed by atoms with van der Waals surface area (Å²) in [4.78, 5) is 0. The molecule has 0 saturated heterocycles. The second-order valence-electron chi connectivity index (χ2n) is 4.91. The lowest BCUT2D eigenvalue weighted by Crippen LogP contribution is -2.31. The van der Waals surface area contributed by atoms with Crippen LogP contribution >= 0.6 is 11.6 Å². The summed E-state index contributed by atoms with van der Waals surface area (Å²) < 4.78 is 5.79. The minimum atomic E-state index is 0.119. The van der Waals surface area contributed by atoms with Gasteiger partial charge in [-0.05, 0) is 44.0 Å². The molecule has 0 bridgehead atoms. The summed E-state index contributed by atoms with van der Waals surface area (Å²) in [5.74, 6) is 1.42. The first-order chi connectivity index (χ1) is 7.99. The Morgan fingerprint density at radius 3 is 2.53 bits per heavy atom. The fraction of sp³-hybridized carbons (Fsp3) is 0.571. The molecule has 1 rings (SSSR count). The van der Waals surface area contributed by atoms with Gasteiger partial charge in [0.15, 0.2) is 0 Å². The van der Waals surface area contributed by atoms with Crippen molar-refractivity contribution in [2.75, 3.05) is 13.1 Å². The number of rotatable bonds is 6. The van der Waals surface area contributed by atoms with Crippen molar-refractivity contribution in [1.82, 2.24) is 5.32 Å². The molecule has 0 fully saturated rings. The van der Waals surface area contributed by atoms with Crippen molar-refractivity contribution in [2.45, 2.75) is 33.8 Å². The summed E-state index contributed by atoms with van der Waals surface area (Å²) in [6, 6.07) is 5.86. The van der Waals surface area contributed by atoms with Crippen LogP contribution in [-0.4, -0.2) is 19.2 Å². The van der Waals surface area contributed by atoms with Gasteiger partial charge in [0.2, 0.25) is 0 Å². The second-order valence-corrected chi connectivity index (χ2v) is 5.32. The van der Waals surface area contributed by atoms with Gasteiger partial charge in [-0.3, -0.25) is 0 Å². The summed E-state index contributed by atoms with van der Waals surface area (Å²) >= 11 is 6.11. The van der Waals surface area contributed by atoms with E-state index in [4.69, 9.17) is 16.3 Å². The Kier molecular flexibility index (Phi) is 5.79. The molecule has 0 amide bonds. The van der Waals surface area contributed by atoms with E-state index in [1.807, 2.05) is 32.0 Å². The summed E-state index contributed by atoms with van der Waals surface area (Å²) in [7, 11) is 0. The average Bonchev–Trinajstić information content (AvgIpc) is 2.21. The zero-order valence-corrected chi connectivity index (χ0v) is 11.8. The van der Waals surface area contributed by atoms with Crippen molar-refractivity contribution in [2.24, 2.45) is 5.92 Å². The minimum absolute atomic E-state index is 0.119. The standard InChI is InChI=1S/C14H22ClNO/c1-10(2)8-16-9-12(4)17-14-6-5-11(3)7-13(14)15/h5-7,10,12,16H,8-9H2,1-4H3. The predicted octanol–water partition coefficient (Wildman–Crippen LogP) is 3.66. The van der Waals surface area contributed by atoms with E-state index in [2.05, 4.69) is 19.2 Å². The highest BCUT2D eigenvalue weighted by molar-refractivity contribution is 6.32. The number of aryl methyl sites for hydroxylation is 1. The first kappa shape index (κ1) is 14.3. The van der Waals surface area contributed by atoms with Gasteiger partial charge in [-0.2, -0.15) is 0 Å². The maximum absolute atomic E-state index is 6.11. The van der Waals surface area contributed by atoms with E-state index in [1.165, 1.54) is 0 Å². The van der Waals surface area contributed by atoms with Crippen LogP contribution in [0.3, 0.4) is 0 Å². The molecule has 1 aromatic rings. The normalized spacial score (nSPS) is 12.8. The van der Waals surface area contributed by atoms with Crippen molar-refractivity contribution in [3.63, 3.8) is 0 Å². The fourth-order valence-electron chi connectivity index (χ4n) is 1.54. The van der Waals surface area contributed by atoms with E-state index in [1.54, 1.807) is 0 Å². The summed E-state index contributed by atoms with van der Waals surface area (Å²) in [6.07, 6.45) is 0.119. The highest BCUT2D eigenvalue weighted by Crippen LogP contribution is 2.25. The van der Waals surface area contributed by atoms with Gasteiger partial charge in [0.25, 0.3) is 0 Å². The zero-order chi connectivity index (χ0) is 12.8. The molecule has 0 spiro atoms. The largest absolute Gasteiger partial charge is 0.488 e. The summed E-state index contributed by atoms with van der Waals surface area (Å²) in [5.41, 5.74) is 1.15. The third-order valence-electron chi connectivity index (χ3n) is 2.40. The van der Waals surface area contributed by atoms with E-state index < -0.39 is 0 Å². The second kappa shape index (κ2) is 6.87. The van der Waals surface area contributed by atoms with Crippen LogP contribution in [0.4, 0.5) is 0 Å². The van der Waals surface area contributed by atoms with E-state index in [0.29, 0.717) is 10.9 Å². The SMILES string of the molecule is Cc1ccc(OC(C)CNCC(C)C)c(Cl)c1. The predicted molar refractivity (Wildman–Crippen MR) is 74.0 cm³/mol. The topological polar surface area (TPSA) is 21.3 Å². The molecule has 17 heavy (non-hydrogen) atoms. The molecule has 0 aromatic heterocycles. The Balaban J connectivity index is 2.42. The van der Waals surface area contributed by atoms with Crippen LogP contribution in [0.2, 0.25) is 5.02 Å². The summed E-state index contributed by atoms with van der Waals surface area (Å²) in [5, 5.41) is 4.05. The Morgan fingerprint density at radius 2 is 1.94 bits per heavy atom. The van der Waals surface area contributed by atoms with Gasteiger partial charge in [-0.1, -0.05) is 31.5 Å². The Labute approximate surface area is 109 Å². The smallest absolute Gasteiger partial charge is 0.138 e. The molecular formula is C14H22ClNO. The van der Waals surface area contributed by atoms with E-state index in [-0.39, 0.29) is 6.10 Å². The van der Waals surface area contributed by atoms with Gasteiger partial charge in [0.1, 0.15) is 11.9 Å². The summed E-state index contributed by atoms with van der Waals surface area (Å²) in [6.45, 7) is 10.3. The van der Waals surface area contributed by atoms with Crippen LogP contribution < -0.4 is 10.1 Å². The van der Waals surface area contributed by atoms with E-state index >= 15 is 0 Å². The molecule has 0 aliphatic rings. The van der Waals surface area contributed by atoms with Crippen molar-refractivity contribution < 1.29 is 4.74 Å². The lowest BCUT2D eigenvalue weighted by atomic mass is 10.2. The fourth-order valence-corrected chi connectivity index (χ4v) is 1.81. The van der Waals surface area contributed by atoms with Crippen molar-refractivity contribution in [3.8, 4) is 5.75 Å². The zero-order valence-electron chi connectivity index (χ0n) is 11.1. The molecule has 0 aliphatic heterocycles. The van der Waals surface area contributed by atoms with Gasteiger partial charge >= 0.3 is 0 Å². The highest BCUT2D eigenvalue weighted by atomic mass is 35.5. The lowest BCUT2D eigenvalue weighted by molar-refractivity contribution is 0.215. The van der Waals surface area contributed by atoms with Gasteiger partial charge in [0.05, 0.1) is 5.02 Å². The van der Waals surface area contributed by atoms with Crippen LogP contribution in [0.1, 0.15) is 26.3 Å². The molecule has 1 unspecified atom stereocenters. The van der Waals surface area contributed by atoms with Crippen LogP contribution in [0.15, 0.2) is 18.2 Å². The molecule has 96 valence electrons. The van der Waals surface area contributed by atoms with Crippen LogP contribution in [0.25, 0.3) is 0 Å². The lowest BCUT2D eigenvalue weighted by Gasteiger charge is -2.17. The molecule has 1 aromatic carbocycles. The molecule has 0 radical (unpaired) electrons. The first-order valence-electron chi connectivity index (χ1n) is 6.12. The monoisotopic (exact) mass is 255 g/mol. The molecule has 0 aliphatic carbocycles. The van der Waals surface area contributed by atoms with Crippen LogP contribution in [0.5, 0.6) is 5.75 Å². The maximum Gasteiger partial charge on any atom is 0.138 e. The number of halogens is 1. The molecule has 3 heteroatoms. The van der Waals surface area contributed by atoms with Crippen molar-refractivity contribution >= 4 is 11.6 Å². The van der Waals surface area contributed by atoms with Gasteiger partial charge in [0, 0.05) is 6.54 Å². The number of hydrogen-bond acceptors (Lipinski definition) is 2. The van der Waals surface area contributed by atoms with Gasteiger partial charge < -0.3 is 10.1 Å². The van der Waals surface area contributed by atoms with Crippen LogP contribution in [0, 0.1) is 12.8 Å². The number of nitrogens with one attached hydrogen (secondary N) is 1. The Bertz CT molecular complexity index is 352. The molecular weight excluding hydrogens is 234 g/mol. The Hall–Kier alpha value is -0.730. The molecule has 0 heterocycles. The Morgan fingerprint density at radius 1 is 1.24 bits per heavy atom. The first-order valence-corrected chi connectivity index (χ1v) is 6.50. The highest BCUT2D eigenvalue weighted by Gasteiger charge is 2.07. The van der Waals surface area contributed by atoms with E-state index in [0.717, 1.165) is 24.4 Å². The minimum Gasteiger partial charge on any atom is -0.488 e. The van der Waals surface area contributed by atoms with Crippen molar-refractivity contribution in [1.29, 1.82) is 0 Å². The maximum atomic E-state index is 6.11. The van der Waals surface area contributed by atoms with Gasteiger partial charge in [-0.25, -0.2) is 0 Å². The molecule has 1 atom stereocenters. The molecule has 0 saturated carbocycles. The van der Waals surface area contributed by atoms with E-state index in [9.17, 15) is 0 Å². The third-order valence-corrected chi connectivity index (χ3v) is 2.70. The third kappa shape index (κ3) is 5.42. The number of hydrogen-bond donors (Lipinski definition) is 1. The molecule has 2 nitrogen and oxygen atoms in total. The van der Waals surface area contributed by atoms with Gasteiger partial charge in [-0.15, -0.1) is 0 Å². The molecule has 1 N–H and O–H groups in total. The van der Waals surface area contributed by atoms with Crippen molar-refractivity contribution in [3.05, 3.63) is 28.8 Å².